The number of ether oxygens (including phenoxy) is 1. The molecule has 0 aromatic heterocycles. The Morgan fingerprint density at radius 3 is 2.72 bits per heavy atom. The van der Waals surface area contributed by atoms with Crippen LogP contribution in [0.3, 0.4) is 0 Å². The molecule has 0 aliphatic rings. The van der Waals surface area contributed by atoms with Gasteiger partial charge in [0.05, 0.1) is 5.75 Å². The van der Waals surface area contributed by atoms with Gasteiger partial charge in [-0.1, -0.05) is 12.1 Å². The highest BCUT2D eigenvalue weighted by Crippen LogP contribution is 2.27. The fourth-order valence-electron chi connectivity index (χ4n) is 1.33. The first-order chi connectivity index (χ1) is 8.29. The predicted molar refractivity (Wildman–Crippen MR) is 80.6 cm³/mol. The number of esters is 1. The second-order valence-corrected chi connectivity index (χ2v) is 6.68. The second kappa shape index (κ2) is 6.48. The van der Waals surface area contributed by atoms with Crippen LogP contribution >= 0.6 is 27.7 Å². The van der Waals surface area contributed by atoms with E-state index in [0.29, 0.717) is 11.4 Å². The van der Waals surface area contributed by atoms with E-state index >= 15 is 0 Å². The Labute approximate surface area is 121 Å². The maximum Gasteiger partial charge on any atom is 0.316 e. The molecular formula is C13H18BrNO2S. The fourth-order valence-corrected chi connectivity index (χ4v) is 2.70. The molecule has 1 aromatic rings. The zero-order valence-corrected chi connectivity index (χ0v) is 13.2. The van der Waals surface area contributed by atoms with Gasteiger partial charge < -0.3 is 10.5 Å². The summed E-state index contributed by atoms with van der Waals surface area (Å²) in [7, 11) is 0. The first-order valence-electron chi connectivity index (χ1n) is 5.62. The van der Waals surface area contributed by atoms with E-state index in [2.05, 4.69) is 15.9 Å². The molecule has 0 radical (unpaired) electrons. The van der Waals surface area contributed by atoms with Crippen molar-refractivity contribution in [1.29, 1.82) is 0 Å². The van der Waals surface area contributed by atoms with Gasteiger partial charge in [-0.3, -0.25) is 4.79 Å². The van der Waals surface area contributed by atoms with Gasteiger partial charge in [-0.25, -0.2) is 0 Å². The molecule has 5 heteroatoms. The molecule has 0 unspecified atom stereocenters. The zero-order valence-electron chi connectivity index (χ0n) is 10.8. The molecule has 0 bridgehead atoms. The van der Waals surface area contributed by atoms with E-state index in [1.165, 1.54) is 11.8 Å². The number of thioether (sulfide) groups is 1. The third-order valence-electron chi connectivity index (χ3n) is 2.01. The third-order valence-corrected chi connectivity index (χ3v) is 3.93. The summed E-state index contributed by atoms with van der Waals surface area (Å²) in [4.78, 5) is 11.5. The minimum atomic E-state index is -0.421. The van der Waals surface area contributed by atoms with Crippen molar-refractivity contribution in [1.82, 2.24) is 0 Å². The maximum atomic E-state index is 11.5. The monoisotopic (exact) mass is 331 g/mol. The Hall–Kier alpha value is -0.680. The number of hydrogen-bond donors (Lipinski definition) is 1. The van der Waals surface area contributed by atoms with Crippen molar-refractivity contribution in [2.24, 2.45) is 0 Å². The van der Waals surface area contributed by atoms with Gasteiger partial charge in [0.25, 0.3) is 0 Å². The molecule has 0 fully saturated rings. The van der Waals surface area contributed by atoms with Gasteiger partial charge in [0, 0.05) is 15.9 Å². The lowest BCUT2D eigenvalue weighted by molar-refractivity contribution is -0.151. The molecule has 2 N–H and O–H groups in total. The largest absolute Gasteiger partial charge is 0.459 e. The van der Waals surface area contributed by atoms with Gasteiger partial charge in [-0.15, -0.1) is 11.8 Å². The predicted octanol–water partition coefficient (Wildman–Crippen LogP) is 3.61. The number of benzene rings is 1. The minimum absolute atomic E-state index is 0.187. The van der Waals surface area contributed by atoms with Crippen LogP contribution in [0.1, 0.15) is 26.3 Å². The Bertz CT molecular complexity index is 429. The highest BCUT2D eigenvalue weighted by molar-refractivity contribution is 9.10. The number of anilines is 1. The summed E-state index contributed by atoms with van der Waals surface area (Å²) in [5.41, 5.74) is 7.17. The number of carbonyl (C=O) groups is 1. The van der Waals surface area contributed by atoms with Gasteiger partial charge in [0.2, 0.25) is 0 Å². The standard InChI is InChI=1S/C13H18BrNO2S/c1-13(2,3)17-11(16)8-18-7-9-5-4-6-10(15)12(9)14/h4-6H,7-8,15H2,1-3H3. The number of rotatable bonds is 4. The molecule has 1 aromatic carbocycles. The minimum Gasteiger partial charge on any atom is -0.459 e. The van der Waals surface area contributed by atoms with Crippen molar-refractivity contribution in [2.75, 3.05) is 11.5 Å². The first-order valence-corrected chi connectivity index (χ1v) is 7.57. The van der Waals surface area contributed by atoms with Crippen LogP contribution in [-0.4, -0.2) is 17.3 Å². The summed E-state index contributed by atoms with van der Waals surface area (Å²) >= 11 is 4.96. The summed E-state index contributed by atoms with van der Waals surface area (Å²) in [6, 6.07) is 5.73. The summed E-state index contributed by atoms with van der Waals surface area (Å²) in [5.74, 6) is 0.885. The normalized spacial score (nSPS) is 11.3. The van der Waals surface area contributed by atoms with Crippen molar-refractivity contribution in [2.45, 2.75) is 32.1 Å². The summed E-state index contributed by atoms with van der Waals surface area (Å²) in [6.45, 7) is 5.60. The second-order valence-electron chi connectivity index (χ2n) is 4.90. The van der Waals surface area contributed by atoms with Gasteiger partial charge in [0.15, 0.2) is 0 Å². The van der Waals surface area contributed by atoms with Crippen LogP contribution in [0.4, 0.5) is 5.69 Å². The van der Waals surface area contributed by atoms with E-state index in [4.69, 9.17) is 10.5 Å². The van der Waals surface area contributed by atoms with Gasteiger partial charge in [-0.05, 0) is 48.3 Å². The number of nitrogen functional groups attached to an aromatic ring is 1. The van der Waals surface area contributed by atoms with Crippen molar-refractivity contribution in [3.63, 3.8) is 0 Å². The molecule has 0 amide bonds. The smallest absolute Gasteiger partial charge is 0.316 e. The number of carbonyl (C=O) groups excluding carboxylic acids is 1. The van der Waals surface area contributed by atoms with Crippen LogP contribution in [-0.2, 0) is 15.3 Å². The number of hydrogen-bond acceptors (Lipinski definition) is 4. The average molecular weight is 332 g/mol. The highest BCUT2D eigenvalue weighted by Gasteiger charge is 2.16. The third kappa shape index (κ3) is 5.31. The number of nitrogens with two attached hydrogens (primary N) is 1. The molecule has 0 aliphatic carbocycles. The number of halogens is 1. The Balaban J connectivity index is 2.43. The van der Waals surface area contributed by atoms with Crippen LogP contribution in [0.5, 0.6) is 0 Å². The average Bonchev–Trinajstić information content (AvgIpc) is 2.21. The zero-order chi connectivity index (χ0) is 13.8. The molecule has 0 saturated heterocycles. The Morgan fingerprint density at radius 2 is 2.11 bits per heavy atom. The van der Waals surface area contributed by atoms with Gasteiger partial charge in [-0.2, -0.15) is 0 Å². The topological polar surface area (TPSA) is 52.3 Å². The van der Waals surface area contributed by atoms with Crippen molar-refractivity contribution in [3.8, 4) is 0 Å². The van der Waals surface area contributed by atoms with E-state index in [1.807, 2.05) is 39.0 Å². The molecule has 100 valence electrons. The highest BCUT2D eigenvalue weighted by atomic mass is 79.9. The first kappa shape index (κ1) is 15.4. The fraction of sp³-hybridized carbons (Fsp3) is 0.462. The molecular weight excluding hydrogens is 314 g/mol. The lowest BCUT2D eigenvalue weighted by Crippen LogP contribution is -2.24. The van der Waals surface area contributed by atoms with E-state index in [-0.39, 0.29) is 5.97 Å². The SMILES string of the molecule is CC(C)(C)OC(=O)CSCc1cccc(N)c1Br. The molecule has 0 atom stereocenters. The Kier molecular flexibility index (Phi) is 5.53. The molecule has 3 nitrogen and oxygen atoms in total. The quantitative estimate of drug-likeness (QED) is 0.676. The Morgan fingerprint density at radius 1 is 1.44 bits per heavy atom. The van der Waals surface area contributed by atoms with Crippen LogP contribution in [0.15, 0.2) is 22.7 Å². The van der Waals surface area contributed by atoms with E-state index in [0.717, 1.165) is 15.8 Å². The molecule has 0 spiro atoms. The summed E-state index contributed by atoms with van der Waals surface area (Å²) in [6.07, 6.45) is 0. The van der Waals surface area contributed by atoms with Crippen LogP contribution in [0.2, 0.25) is 0 Å². The van der Waals surface area contributed by atoms with E-state index in [1.54, 1.807) is 0 Å². The van der Waals surface area contributed by atoms with Crippen molar-refractivity contribution >= 4 is 39.3 Å². The summed E-state index contributed by atoms with van der Waals surface area (Å²) < 4.78 is 6.14. The molecule has 0 heterocycles. The molecule has 0 saturated carbocycles. The van der Waals surface area contributed by atoms with Crippen LogP contribution < -0.4 is 5.73 Å². The summed E-state index contributed by atoms with van der Waals surface area (Å²) in [5, 5.41) is 0. The van der Waals surface area contributed by atoms with Gasteiger partial charge in [0.1, 0.15) is 5.60 Å². The van der Waals surface area contributed by atoms with E-state index < -0.39 is 5.60 Å². The lowest BCUT2D eigenvalue weighted by atomic mass is 10.2. The van der Waals surface area contributed by atoms with E-state index in [9.17, 15) is 4.79 Å². The van der Waals surface area contributed by atoms with Crippen molar-refractivity contribution < 1.29 is 9.53 Å². The van der Waals surface area contributed by atoms with Crippen molar-refractivity contribution in [3.05, 3.63) is 28.2 Å². The van der Waals surface area contributed by atoms with Crippen LogP contribution in [0, 0.1) is 0 Å². The van der Waals surface area contributed by atoms with Crippen LogP contribution in [0.25, 0.3) is 0 Å². The molecule has 0 aliphatic heterocycles. The lowest BCUT2D eigenvalue weighted by Gasteiger charge is -2.19. The maximum absolute atomic E-state index is 11.5. The van der Waals surface area contributed by atoms with Gasteiger partial charge >= 0.3 is 5.97 Å². The molecule has 18 heavy (non-hydrogen) atoms. The molecule has 1 rings (SSSR count).